The quantitative estimate of drug-likeness (QED) is 0.826. The lowest BCUT2D eigenvalue weighted by Gasteiger charge is -2.25. The van der Waals surface area contributed by atoms with Crippen LogP contribution in [-0.2, 0) is 0 Å². The van der Waals surface area contributed by atoms with Crippen LogP contribution in [0.1, 0.15) is 51.2 Å². The Morgan fingerprint density at radius 1 is 1.22 bits per heavy atom. The van der Waals surface area contributed by atoms with Crippen molar-refractivity contribution < 1.29 is 4.74 Å². The Bertz CT molecular complexity index is 369. The van der Waals surface area contributed by atoms with E-state index >= 15 is 0 Å². The lowest BCUT2D eigenvalue weighted by atomic mass is 10.0. The second-order valence-corrected chi connectivity index (χ2v) is 5.32. The van der Waals surface area contributed by atoms with E-state index in [-0.39, 0.29) is 6.10 Å². The van der Waals surface area contributed by atoms with Crippen LogP contribution in [0.2, 0.25) is 0 Å². The highest BCUT2D eigenvalue weighted by Gasteiger charge is 2.17. The van der Waals surface area contributed by atoms with Gasteiger partial charge >= 0.3 is 0 Å². The predicted octanol–water partition coefficient (Wildman–Crippen LogP) is 3.88. The molecule has 2 heteroatoms. The summed E-state index contributed by atoms with van der Waals surface area (Å²) in [6, 6.07) is 6.88. The first-order chi connectivity index (χ1) is 8.49. The van der Waals surface area contributed by atoms with Crippen molar-refractivity contribution in [2.45, 2.75) is 59.1 Å². The fraction of sp³-hybridized carbons (Fsp3) is 0.625. The average Bonchev–Trinajstić information content (AvgIpc) is 2.30. The number of likely N-dealkylation sites (N-methyl/N-ethyl adjacent to an activating group) is 1. The number of hydrogen-bond donors (Lipinski definition) is 1. The highest BCUT2D eigenvalue weighted by Crippen LogP contribution is 2.28. The van der Waals surface area contributed by atoms with E-state index in [1.165, 1.54) is 11.1 Å². The van der Waals surface area contributed by atoms with Crippen molar-refractivity contribution in [3.63, 3.8) is 0 Å². The monoisotopic (exact) mass is 249 g/mol. The first-order valence-corrected chi connectivity index (χ1v) is 6.94. The first-order valence-electron chi connectivity index (χ1n) is 6.94. The molecule has 0 aliphatic rings. The summed E-state index contributed by atoms with van der Waals surface area (Å²) in [6.45, 7) is 10.8. The topological polar surface area (TPSA) is 21.3 Å². The van der Waals surface area contributed by atoms with E-state index < -0.39 is 0 Å². The van der Waals surface area contributed by atoms with Crippen molar-refractivity contribution in [3.8, 4) is 5.75 Å². The van der Waals surface area contributed by atoms with Crippen LogP contribution < -0.4 is 10.1 Å². The van der Waals surface area contributed by atoms with Crippen LogP contribution in [0.25, 0.3) is 0 Å². The Hall–Kier alpha value is -1.02. The second-order valence-electron chi connectivity index (χ2n) is 5.32. The average molecular weight is 249 g/mol. The lowest BCUT2D eigenvalue weighted by Crippen LogP contribution is -2.38. The number of nitrogens with one attached hydrogen (secondary N) is 1. The number of aryl methyl sites for hydroxylation is 1. The second kappa shape index (κ2) is 6.79. The predicted molar refractivity (Wildman–Crippen MR) is 78.5 cm³/mol. The molecular weight excluding hydrogens is 222 g/mol. The number of hydrogen-bond acceptors (Lipinski definition) is 2. The molecule has 0 amide bonds. The highest BCUT2D eigenvalue weighted by atomic mass is 16.5. The molecule has 1 rings (SSSR count). The SMILES string of the molecule is CCC(NC)C(C)Oc1cc(C)ccc1C(C)C. The van der Waals surface area contributed by atoms with Crippen molar-refractivity contribution in [2.75, 3.05) is 7.05 Å². The summed E-state index contributed by atoms with van der Waals surface area (Å²) in [6.07, 6.45) is 1.25. The molecule has 0 fully saturated rings. The number of rotatable bonds is 6. The van der Waals surface area contributed by atoms with Gasteiger partial charge in [0.2, 0.25) is 0 Å². The summed E-state index contributed by atoms with van der Waals surface area (Å²) < 4.78 is 6.17. The molecule has 0 heterocycles. The van der Waals surface area contributed by atoms with Crippen LogP contribution in [0.3, 0.4) is 0 Å². The van der Waals surface area contributed by atoms with Gasteiger partial charge in [-0.2, -0.15) is 0 Å². The Morgan fingerprint density at radius 2 is 1.89 bits per heavy atom. The number of ether oxygens (including phenoxy) is 1. The molecule has 0 saturated carbocycles. The van der Waals surface area contributed by atoms with E-state index in [0.717, 1.165) is 12.2 Å². The molecule has 0 spiro atoms. The van der Waals surface area contributed by atoms with Crippen molar-refractivity contribution in [3.05, 3.63) is 29.3 Å². The third-order valence-electron chi connectivity index (χ3n) is 3.48. The smallest absolute Gasteiger partial charge is 0.123 e. The standard InChI is InChI=1S/C16H27NO/c1-7-15(17-6)13(5)18-16-10-12(4)8-9-14(16)11(2)3/h8-11,13,15,17H,7H2,1-6H3. The molecule has 18 heavy (non-hydrogen) atoms. The summed E-state index contributed by atoms with van der Waals surface area (Å²) in [4.78, 5) is 0. The minimum atomic E-state index is 0.180. The van der Waals surface area contributed by atoms with Gasteiger partial charge in [0.15, 0.2) is 0 Å². The maximum absolute atomic E-state index is 6.17. The zero-order valence-electron chi connectivity index (χ0n) is 12.6. The van der Waals surface area contributed by atoms with Crippen LogP contribution in [0.5, 0.6) is 5.75 Å². The van der Waals surface area contributed by atoms with Gasteiger partial charge < -0.3 is 10.1 Å². The molecule has 2 nitrogen and oxygen atoms in total. The molecule has 0 saturated heterocycles. The summed E-state index contributed by atoms with van der Waals surface area (Å²) in [5.74, 6) is 1.52. The molecule has 1 N–H and O–H groups in total. The molecule has 0 aliphatic carbocycles. The summed E-state index contributed by atoms with van der Waals surface area (Å²) in [5.41, 5.74) is 2.54. The van der Waals surface area contributed by atoms with Crippen LogP contribution in [0.15, 0.2) is 18.2 Å². The van der Waals surface area contributed by atoms with Gasteiger partial charge in [-0.25, -0.2) is 0 Å². The van der Waals surface area contributed by atoms with Gasteiger partial charge in [-0.05, 0) is 50.4 Å². The normalized spacial score (nSPS) is 14.6. The first kappa shape index (κ1) is 15.0. The van der Waals surface area contributed by atoms with Gasteiger partial charge in [0.25, 0.3) is 0 Å². The molecule has 0 aliphatic heterocycles. The van der Waals surface area contributed by atoms with Crippen LogP contribution >= 0.6 is 0 Å². The highest BCUT2D eigenvalue weighted by molar-refractivity contribution is 5.39. The Morgan fingerprint density at radius 3 is 2.39 bits per heavy atom. The van der Waals surface area contributed by atoms with E-state index in [0.29, 0.717) is 12.0 Å². The van der Waals surface area contributed by atoms with Crippen molar-refractivity contribution in [1.29, 1.82) is 0 Å². The molecule has 1 aromatic rings. The van der Waals surface area contributed by atoms with Gasteiger partial charge in [0.1, 0.15) is 11.9 Å². The molecule has 0 bridgehead atoms. The molecule has 2 unspecified atom stereocenters. The van der Waals surface area contributed by atoms with E-state index in [9.17, 15) is 0 Å². The minimum absolute atomic E-state index is 0.180. The zero-order chi connectivity index (χ0) is 13.7. The van der Waals surface area contributed by atoms with Crippen LogP contribution in [0.4, 0.5) is 0 Å². The van der Waals surface area contributed by atoms with Gasteiger partial charge in [0, 0.05) is 6.04 Å². The van der Waals surface area contributed by atoms with Crippen molar-refractivity contribution in [2.24, 2.45) is 0 Å². The zero-order valence-corrected chi connectivity index (χ0v) is 12.6. The largest absolute Gasteiger partial charge is 0.489 e. The fourth-order valence-electron chi connectivity index (χ4n) is 2.27. The van der Waals surface area contributed by atoms with Gasteiger partial charge in [-0.1, -0.05) is 32.9 Å². The third-order valence-corrected chi connectivity index (χ3v) is 3.48. The van der Waals surface area contributed by atoms with E-state index in [2.05, 4.69) is 58.1 Å². The van der Waals surface area contributed by atoms with Gasteiger partial charge in [0.05, 0.1) is 0 Å². The Labute approximate surface area is 112 Å². The van der Waals surface area contributed by atoms with Crippen LogP contribution in [0, 0.1) is 6.92 Å². The molecule has 1 aromatic carbocycles. The maximum Gasteiger partial charge on any atom is 0.123 e. The molecule has 2 atom stereocenters. The summed E-state index contributed by atoms with van der Waals surface area (Å²) in [7, 11) is 1.99. The summed E-state index contributed by atoms with van der Waals surface area (Å²) >= 11 is 0. The third kappa shape index (κ3) is 3.74. The fourth-order valence-corrected chi connectivity index (χ4v) is 2.27. The van der Waals surface area contributed by atoms with Crippen molar-refractivity contribution >= 4 is 0 Å². The Balaban J connectivity index is 2.91. The van der Waals surface area contributed by atoms with Gasteiger partial charge in [-0.15, -0.1) is 0 Å². The maximum atomic E-state index is 6.17. The van der Waals surface area contributed by atoms with Crippen LogP contribution in [-0.4, -0.2) is 19.2 Å². The number of benzene rings is 1. The lowest BCUT2D eigenvalue weighted by molar-refractivity contribution is 0.170. The van der Waals surface area contributed by atoms with Crippen molar-refractivity contribution in [1.82, 2.24) is 5.32 Å². The summed E-state index contributed by atoms with van der Waals surface area (Å²) in [5, 5.41) is 3.31. The van der Waals surface area contributed by atoms with Gasteiger partial charge in [-0.3, -0.25) is 0 Å². The van der Waals surface area contributed by atoms with E-state index in [1.807, 2.05) is 7.05 Å². The minimum Gasteiger partial charge on any atom is -0.489 e. The van der Waals surface area contributed by atoms with E-state index in [4.69, 9.17) is 4.74 Å². The van der Waals surface area contributed by atoms with E-state index in [1.54, 1.807) is 0 Å². The molecule has 102 valence electrons. The molecule has 0 radical (unpaired) electrons. The molecular formula is C16H27NO. The molecule has 0 aromatic heterocycles. The Kier molecular flexibility index (Phi) is 5.67.